The fourth-order valence-electron chi connectivity index (χ4n) is 6.10. The quantitative estimate of drug-likeness (QED) is 0.440. The summed E-state index contributed by atoms with van der Waals surface area (Å²) in [4.78, 5) is 16.5. The fraction of sp³-hybridized carbons (Fsp3) is 0.500. The van der Waals surface area contributed by atoms with Crippen molar-refractivity contribution in [2.24, 2.45) is 0 Å². The number of ether oxygens (including phenoxy) is 1. The van der Waals surface area contributed by atoms with Crippen molar-refractivity contribution in [3.63, 3.8) is 0 Å². The molecule has 0 radical (unpaired) electrons. The number of rotatable bonds is 7. The van der Waals surface area contributed by atoms with Crippen molar-refractivity contribution >= 4 is 16.9 Å². The highest BCUT2D eigenvalue weighted by atomic mass is 19.1. The second-order valence-electron chi connectivity index (χ2n) is 10.7. The largest absolute Gasteiger partial charge is 0.494 e. The Hall–Kier alpha value is -2.90. The number of benzene rings is 2. The molecule has 0 amide bonds. The van der Waals surface area contributed by atoms with Gasteiger partial charge in [0.15, 0.2) is 0 Å². The van der Waals surface area contributed by atoms with Crippen LogP contribution in [0.4, 0.5) is 4.39 Å². The SMILES string of the molecule is CCOc1ccc2c(c1)CN(CCN(C)C)CCn1c-2c([C@H]2CCCC[C@@H]2F)c2ccc(C(=O)O)cc21. The number of likely N-dealkylation sites (N-methyl/N-ethyl adjacent to an activating group) is 1. The molecule has 2 aliphatic rings. The third-order valence-corrected chi connectivity index (χ3v) is 7.94. The van der Waals surface area contributed by atoms with E-state index in [0.717, 1.165) is 85.5 Å². The highest BCUT2D eigenvalue weighted by Crippen LogP contribution is 2.47. The first kappa shape index (κ1) is 25.7. The standard InChI is InChI=1S/C30H38FN3O3/c1-4-37-22-10-12-23-21(17-22)19-33(14-13-32(2)3)15-16-34-27-18-20(30(35)36)9-11-25(27)28(29(23)34)24-7-5-6-8-26(24)31/h9-12,17-18,24,26H,4-8,13-16,19H2,1-3H3,(H,35,36)/t24-,26-/m0/s1. The molecule has 6 nitrogen and oxygen atoms in total. The Balaban J connectivity index is 1.75. The van der Waals surface area contributed by atoms with Gasteiger partial charge in [-0.1, -0.05) is 18.9 Å². The van der Waals surface area contributed by atoms with Crippen molar-refractivity contribution in [2.45, 2.75) is 57.8 Å². The summed E-state index contributed by atoms with van der Waals surface area (Å²) in [5.41, 5.74) is 5.51. The molecular weight excluding hydrogens is 469 g/mol. The number of aromatic nitrogens is 1. The van der Waals surface area contributed by atoms with Crippen LogP contribution < -0.4 is 4.74 Å². The van der Waals surface area contributed by atoms with Gasteiger partial charge in [0.05, 0.1) is 17.9 Å². The molecule has 1 fully saturated rings. The summed E-state index contributed by atoms with van der Waals surface area (Å²) in [6.07, 6.45) is 2.44. The Kier molecular flexibility index (Phi) is 7.54. The number of carboxylic acids is 1. The molecule has 0 saturated heterocycles. The lowest BCUT2D eigenvalue weighted by Gasteiger charge is -2.31. The number of halogens is 1. The topological polar surface area (TPSA) is 57.9 Å². The normalized spacial score (nSPS) is 20.4. The van der Waals surface area contributed by atoms with Gasteiger partial charge in [-0.2, -0.15) is 0 Å². The number of alkyl halides is 1. The molecule has 0 bridgehead atoms. The summed E-state index contributed by atoms with van der Waals surface area (Å²) in [6.45, 7) is 6.78. The number of hydrogen-bond acceptors (Lipinski definition) is 4. The molecule has 5 rings (SSSR count). The van der Waals surface area contributed by atoms with Gasteiger partial charge in [-0.25, -0.2) is 9.18 Å². The molecule has 198 valence electrons. The number of carboxylic acid groups (broad SMARTS) is 1. The van der Waals surface area contributed by atoms with Gasteiger partial charge >= 0.3 is 5.97 Å². The molecule has 1 saturated carbocycles. The summed E-state index contributed by atoms with van der Waals surface area (Å²) >= 11 is 0. The van der Waals surface area contributed by atoms with E-state index in [0.29, 0.717) is 13.0 Å². The highest BCUT2D eigenvalue weighted by Gasteiger charge is 2.34. The van der Waals surface area contributed by atoms with Crippen LogP contribution >= 0.6 is 0 Å². The molecule has 2 heterocycles. The Bertz CT molecular complexity index is 1280. The van der Waals surface area contributed by atoms with E-state index in [1.54, 1.807) is 12.1 Å². The first-order valence-electron chi connectivity index (χ1n) is 13.5. The average Bonchev–Trinajstić information content (AvgIpc) is 3.17. The predicted molar refractivity (Wildman–Crippen MR) is 145 cm³/mol. The molecule has 7 heteroatoms. The molecule has 0 spiro atoms. The lowest BCUT2D eigenvalue weighted by atomic mass is 9.80. The Morgan fingerprint density at radius 1 is 1.14 bits per heavy atom. The zero-order valence-electron chi connectivity index (χ0n) is 22.2. The predicted octanol–water partition coefficient (Wildman–Crippen LogP) is 5.78. The molecule has 3 aromatic rings. The third kappa shape index (κ3) is 5.12. The molecule has 1 N–H and O–H groups in total. The van der Waals surface area contributed by atoms with Crippen LogP contribution in [-0.4, -0.2) is 72.0 Å². The maximum atomic E-state index is 15.5. The minimum atomic E-state index is -0.944. The van der Waals surface area contributed by atoms with Crippen molar-refractivity contribution in [3.05, 3.63) is 53.1 Å². The van der Waals surface area contributed by atoms with E-state index in [2.05, 4.69) is 40.6 Å². The first-order valence-corrected chi connectivity index (χ1v) is 13.5. The molecule has 37 heavy (non-hydrogen) atoms. The number of nitrogens with zero attached hydrogens (tertiary/aromatic N) is 3. The van der Waals surface area contributed by atoms with Crippen LogP contribution in [-0.2, 0) is 13.1 Å². The summed E-state index contributed by atoms with van der Waals surface area (Å²) < 4.78 is 23.7. The zero-order valence-corrected chi connectivity index (χ0v) is 22.2. The van der Waals surface area contributed by atoms with Gasteiger partial charge in [0.2, 0.25) is 0 Å². The van der Waals surface area contributed by atoms with Crippen LogP contribution in [0.2, 0.25) is 0 Å². The minimum absolute atomic E-state index is 0.188. The summed E-state index contributed by atoms with van der Waals surface area (Å²) in [6, 6.07) is 11.6. The molecule has 2 aromatic carbocycles. The van der Waals surface area contributed by atoms with E-state index < -0.39 is 12.1 Å². The van der Waals surface area contributed by atoms with E-state index in [9.17, 15) is 9.90 Å². The lowest BCUT2D eigenvalue weighted by Crippen LogP contribution is -2.35. The Labute approximate surface area is 218 Å². The van der Waals surface area contributed by atoms with E-state index in [4.69, 9.17) is 4.74 Å². The van der Waals surface area contributed by atoms with Gasteiger partial charge in [0.1, 0.15) is 11.9 Å². The van der Waals surface area contributed by atoms with Gasteiger partial charge < -0.3 is 19.3 Å². The van der Waals surface area contributed by atoms with Crippen molar-refractivity contribution in [1.29, 1.82) is 0 Å². The minimum Gasteiger partial charge on any atom is -0.494 e. The number of carbonyl (C=O) groups is 1. The summed E-state index contributed by atoms with van der Waals surface area (Å²) in [7, 11) is 4.17. The lowest BCUT2D eigenvalue weighted by molar-refractivity contribution is 0.0697. The third-order valence-electron chi connectivity index (χ3n) is 7.94. The van der Waals surface area contributed by atoms with Crippen LogP contribution in [0.5, 0.6) is 5.75 Å². The molecular formula is C30H38FN3O3. The summed E-state index contributed by atoms with van der Waals surface area (Å²) in [5.74, 6) is -0.292. The Morgan fingerprint density at radius 3 is 2.68 bits per heavy atom. The second-order valence-corrected chi connectivity index (χ2v) is 10.7. The monoisotopic (exact) mass is 507 g/mol. The number of aromatic carboxylic acids is 1. The van der Waals surface area contributed by atoms with Crippen LogP contribution in [0.15, 0.2) is 36.4 Å². The van der Waals surface area contributed by atoms with Crippen LogP contribution in [0.25, 0.3) is 22.2 Å². The molecule has 1 aliphatic heterocycles. The van der Waals surface area contributed by atoms with Gasteiger partial charge in [-0.3, -0.25) is 4.90 Å². The van der Waals surface area contributed by atoms with Crippen molar-refractivity contribution in [1.82, 2.24) is 14.4 Å². The van der Waals surface area contributed by atoms with E-state index in [1.165, 1.54) is 5.56 Å². The van der Waals surface area contributed by atoms with Crippen molar-refractivity contribution in [2.75, 3.05) is 40.3 Å². The molecule has 1 aliphatic carbocycles. The second kappa shape index (κ2) is 10.8. The number of fused-ring (bicyclic) bond motifs is 5. The van der Waals surface area contributed by atoms with E-state index >= 15 is 4.39 Å². The van der Waals surface area contributed by atoms with Crippen LogP contribution in [0.3, 0.4) is 0 Å². The van der Waals surface area contributed by atoms with Crippen LogP contribution in [0, 0.1) is 0 Å². The average molecular weight is 508 g/mol. The van der Waals surface area contributed by atoms with Gasteiger partial charge in [-0.15, -0.1) is 0 Å². The molecule has 2 atom stereocenters. The smallest absolute Gasteiger partial charge is 0.335 e. The first-order chi connectivity index (χ1) is 17.9. The maximum absolute atomic E-state index is 15.5. The van der Waals surface area contributed by atoms with Gasteiger partial charge in [0.25, 0.3) is 0 Å². The van der Waals surface area contributed by atoms with E-state index in [1.807, 2.05) is 19.1 Å². The van der Waals surface area contributed by atoms with Crippen molar-refractivity contribution in [3.8, 4) is 17.0 Å². The van der Waals surface area contributed by atoms with Gasteiger partial charge in [-0.05, 0) is 75.3 Å². The fourth-order valence-corrected chi connectivity index (χ4v) is 6.10. The zero-order chi connectivity index (χ0) is 26.1. The van der Waals surface area contributed by atoms with Crippen molar-refractivity contribution < 1.29 is 19.0 Å². The van der Waals surface area contributed by atoms with Gasteiger partial charge in [0, 0.05) is 55.1 Å². The van der Waals surface area contributed by atoms with Crippen LogP contribution in [0.1, 0.15) is 60.0 Å². The molecule has 1 aromatic heterocycles. The highest BCUT2D eigenvalue weighted by molar-refractivity contribution is 5.98. The maximum Gasteiger partial charge on any atom is 0.335 e. The Morgan fingerprint density at radius 2 is 1.95 bits per heavy atom. The molecule has 0 unspecified atom stereocenters. The van der Waals surface area contributed by atoms with E-state index in [-0.39, 0.29) is 11.5 Å². The number of hydrogen-bond donors (Lipinski definition) is 1. The summed E-state index contributed by atoms with van der Waals surface area (Å²) in [5, 5.41) is 10.7.